The summed E-state index contributed by atoms with van der Waals surface area (Å²) in [5.41, 5.74) is 0.355. The summed E-state index contributed by atoms with van der Waals surface area (Å²) in [5, 5.41) is 2.67. The summed E-state index contributed by atoms with van der Waals surface area (Å²) in [4.78, 5) is 22.4. The fourth-order valence-corrected chi connectivity index (χ4v) is 1.17. The van der Waals surface area contributed by atoms with Crippen LogP contribution in [0, 0.1) is 5.92 Å². The molecule has 0 saturated heterocycles. The Morgan fingerprint density at radius 2 is 2.00 bits per heavy atom. The third kappa shape index (κ3) is 3.73. The molecule has 0 unspecified atom stereocenters. The van der Waals surface area contributed by atoms with Gasteiger partial charge in [-0.15, -0.1) is 0 Å². The summed E-state index contributed by atoms with van der Waals surface area (Å²) in [5.74, 6) is -0.719. The molecule has 1 amide bonds. The van der Waals surface area contributed by atoms with E-state index in [0.717, 1.165) is 0 Å². The number of allylic oxidation sites excluding steroid dienone is 2. The molecule has 0 spiro atoms. The van der Waals surface area contributed by atoms with E-state index < -0.39 is 5.97 Å². The van der Waals surface area contributed by atoms with Gasteiger partial charge in [0.1, 0.15) is 6.61 Å². The molecule has 0 aromatic rings. The number of rotatable bonds is 5. The zero-order valence-electron chi connectivity index (χ0n) is 9.23. The Balaban J connectivity index is 2.14. The molecule has 86 valence electrons. The van der Waals surface area contributed by atoms with E-state index >= 15 is 0 Å². The van der Waals surface area contributed by atoms with Gasteiger partial charge in [0.2, 0.25) is 5.91 Å². The van der Waals surface area contributed by atoms with Gasteiger partial charge in [0, 0.05) is 5.57 Å². The molecule has 1 aliphatic rings. The quantitative estimate of drug-likeness (QED) is 0.427. The highest BCUT2D eigenvalue weighted by atomic mass is 16.5. The summed E-state index contributed by atoms with van der Waals surface area (Å²) in [6.07, 6.45) is 7.25. The molecule has 1 aliphatic carbocycles. The van der Waals surface area contributed by atoms with Gasteiger partial charge >= 0.3 is 5.97 Å². The number of carbonyl (C=O) groups is 2. The Hall–Kier alpha value is -1.84. The van der Waals surface area contributed by atoms with Crippen LogP contribution in [0.15, 0.2) is 36.5 Å². The lowest BCUT2D eigenvalue weighted by atomic mass is 10.1. The van der Waals surface area contributed by atoms with E-state index in [1.807, 2.05) is 12.2 Å². The van der Waals surface area contributed by atoms with Crippen LogP contribution in [0.2, 0.25) is 0 Å². The summed E-state index contributed by atoms with van der Waals surface area (Å²) < 4.78 is 4.83. The first kappa shape index (κ1) is 12.2. The number of ether oxygens (including phenoxy) is 1. The minimum atomic E-state index is -0.435. The van der Waals surface area contributed by atoms with Crippen molar-refractivity contribution < 1.29 is 14.3 Å². The highest BCUT2D eigenvalue weighted by molar-refractivity contribution is 5.87. The first-order valence-corrected chi connectivity index (χ1v) is 5.06. The van der Waals surface area contributed by atoms with Gasteiger partial charge in [-0.3, -0.25) is 4.79 Å². The summed E-state index contributed by atoms with van der Waals surface area (Å²) in [6.45, 7) is 5.51. The molecule has 1 rings (SSSR count). The monoisotopic (exact) mass is 221 g/mol. The van der Waals surface area contributed by atoms with Crippen molar-refractivity contribution in [1.82, 2.24) is 5.32 Å². The second kappa shape index (κ2) is 5.90. The molecule has 0 atom stereocenters. The number of carbonyl (C=O) groups excluding carboxylic acids is 2. The molecule has 16 heavy (non-hydrogen) atoms. The predicted octanol–water partition coefficient (Wildman–Crippen LogP) is 0.964. The number of hydrogen-bond acceptors (Lipinski definition) is 3. The molecule has 0 fully saturated rings. The van der Waals surface area contributed by atoms with Gasteiger partial charge in [0.05, 0.1) is 12.5 Å². The van der Waals surface area contributed by atoms with Crippen LogP contribution in [0.4, 0.5) is 0 Å². The number of esters is 1. The lowest BCUT2D eigenvalue weighted by Gasteiger charge is -2.08. The van der Waals surface area contributed by atoms with E-state index in [-0.39, 0.29) is 18.4 Å². The van der Waals surface area contributed by atoms with Crippen molar-refractivity contribution in [3.05, 3.63) is 36.5 Å². The number of amides is 1. The normalized spacial score (nSPS) is 13.8. The van der Waals surface area contributed by atoms with E-state index in [1.165, 1.54) is 0 Å². The number of nitrogens with one attached hydrogen (secondary N) is 1. The average Bonchev–Trinajstić information content (AvgIpc) is 2.76. The first-order chi connectivity index (χ1) is 7.61. The van der Waals surface area contributed by atoms with E-state index in [0.29, 0.717) is 12.1 Å². The molecule has 0 radical (unpaired) electrons. The second-order valence-electron chi connectivity index (χ2n) is 3.50. The maximum Gasteiger partial charge on any atom is 0.333 e. The lowest BCUT2D eigenvalue weighted by molar-refractivity contribution is -0.139. The van der Waals surface area contributed by atoms with Crippen LogP contribution in [0.3, 0.4) is 0 Å². The molecule has 4 nitrogen and oxygen atoms in total. The fraction of sp³-hybridized carbons (Fsp3) is 0.333. The molecule has 0 aromatic heterocycles. The fourth-order valence-electron chi connectivity index (χ4n) is 1.17. The third-order valence-corrected chi connectivity index (χ3v) is 2.03. The largest absolute Gasteiger partial charge is 0.460 e. The third-order valence-electron chi connectivity index (χ3n) is 2.03. The molecule has 0 bridgehead atoms. The van der Waals surface area contributed by atoms with Gasteiger partial charge in [0.15, 0.2) is 0 Å². The minimum Gasteiger partial charge on any atom is -0.460 e. The Labute approximate surface area is 94.7 Å². The molecule has 0 aliphatic heterocycles. The molecule has 4 heteroatoms. The minimum absolute atomic E-state index is 0.0867. The maximum atomic E-state index is 11.5. The van der Waals surface area contributed by atoms with Crippen molar-refractivity contribution in [1.29, 1.82) is 0 Å². The van der Waals surface area contributed by atoms with Crippen LogP contribution in [-0.2, 0) is 14.3 Å². The van der Waals surface area contributed by atoms with Gasteiger partial charge in [-0.05, 0) is 6.92 Å². The van der Waals surface area contributed by atoms with Crippen LogP contribution in [-0.4, -0.2) is 25.0 Å². The van der Waals surface area contributed by atoms with E-state index in [1.54, 1.807) is 19.1 Å². The SMILES string of the molecule is C=C(C)C(=O)OCCNC(=O)C1C=CC=C1. The van der Waals surface area contributed by atoms with Crippen molar-refractivity contribution in [2.24, 2.45) is 5.92 Å². The summed E-state index contributed by atoms with van der Waals surface area (Å²) >= 11 is 0. The van der Waals surface area contributed by atoms with E-state index in [9.17, 15) is 9.59 Å². The Bertz CT molecular complexity index is 343. The first-order valence-electron chi connectivity index (χ1n) is 5.06. The smallest absolute Gasteiger partial charge is 0.333 e. The second-order valence-corrected chi connectivity index (χ2v) is 3.50. The van der Waals surface area contributed by atoms with Crippen LogP contribution >= 0.6 is 0 Å². The molecular formula is C12H15NO3. The summed E-state index contributed by atoms with van der Waals surface area (Å²) in [6, 6.07) is 0. The summed E-state index contributed by atoms with van der Waals surface area (Å²) in [7, 11) is 0. The highest BCUT2D eigenvalue weighted by Gasteiger charge is 2.13. The van der Waals surface area contributed by atoms with E-state index in [2.05, 4.69) is 11.9 Å². The van der Waals surface area contributed by atoms with Gasteiger partial charge in [-0.25, -0.2) is 4.79 Å². The van der Waals surface area contributed by atoms with Gasteiger partial charge < -0.3 is 10.1 Å². The Morgan fingerprint density at radius 1 is 1.38 bits per heavy atom. The molecular weight excluding hydrogens is 206 g/mol. The van der Waals surface area contributed by atoms with Gasteiger partial charge in [-0.1, -0.05) is 30.9 Å². The van der Waals surface area contributed by atoms with E-state index in [4.69, 9.17) is 4.74 Å². The van der Waals surface area contributed by atoms with Crippen molar-refractivity contribution in [3.63, 3.8) is 0 Å². The molecule has 1 N–H and O–H groups in total. The van der Waals surface area contributed by atoms with Crippen molar-refractivity contribution in [3.8, 4) is 0 Å². The zero-order chi connectivity index (χ0) is 12.0. The molecule has 0 saturated carbocycles. The molecule has 0 aromatic carbocycles. The maximum absolute atomic E-state index is 11.5. The van der Waals surface area contributed by atoms with Crippen LogP contribution in [0.25, 0.3) is 0 Å². The van der Waals surface area contributed by atoms with Crippen molar-refractivity contribution >= 4 is 11.9 Å². The predicted molar refractivity (Wildman–Crippen MR) is 60.6 cm³/mol. The van der Waals surface area contributed by atoms with Crippen LogP contribution in [0.5, 0.6) is 0 Å². The Morgan fingerprint density at radius 3 is 2.56 bits per heavy atom. The van der Waals surface area contributed by atoms with Crippen LogP contribution < -0.4 is 5.32 Å². The van der Waals surface area contributed by atoms with Crippen molar-refractivity contribution in [2.75, 3.05) is 13.2 Å². The number of hydrogen-bond donors (Lipinski definition) is 1. The standard InChI is InChI=1S/C12H15NO3/c1-9(2)12(15)16-8-7-13-11(14)10-5-3-4-6-10/h3-6,10H,1,7-8H2,2H3,(H,13,14). The lowest BCUT2D eigenvalue weighted by Crippen LogP contribution is -2.31. The topological polar surface area (TPSA) is 55.4 Å². The van der Waals surface area contributed by atoms with Crippen molar-refractivity contribution in [2.45, 2.75) is 6.92 Å². The van der Waals surface area contributed by atoms with Gasteiger partial charge in [-0.2, -0.15) is 0 Å². The molecule has 0 heterocycles. The Kier molecular flexibility index (Phi) is 4.51. The van der Waals surface area contributed by atoms with Crippen LogP contribution in [0.1, 0.15) is 6.92 Å². The average molecular weight is 221 g/mol. The highest BCUT2D eigenvalue weighted by Crippen LogP contribution is 2.07. The zero-order valence-corrected chi connectivity index (χ0v) is 9.23. The van der Waals surface area contributed by atoms with Gasteiger partial charge in [0.25, 0.3) is 0 Å².